The molecule has 9 heteroatoms. The molecule has 0 bridgehead atoms. The number of aryl methyl sites for hydroxylation is 2. The maximum Gasteiger partial charge on any atom is 0.284 e. The number of benzene rings is 2. The van der Waals surface area contributed by atoms with Gasteiger partial charge in [-0.3, -0.25) is 4.79 Å². The second-order valence-corrected chi connectivity index (χ2v) is 7.79. The molecule has 0 spiro atoms. The Kier molecular flexibility index (Phi) is 4.44. The molecule has 3 heterocycles. The molecule has 8 nitrogen and oxygen atoms in total. The van der Waals surface area contributed by atoms with Crippen LogP contribution in [0, 0.1) is 13.8 Å². The molecule has 0 saturated carbocycles. The van der Waals surface area contributed by atoms with Gasteiger partial charge in [0.25, 0.3) is 10.8 Å². The van der Waals surface area contributed by atoms with E-state index in [2.05, 4.69) is 31.3 Å². The zero-order valence-corrected chi connectivity index (χ0v) is 17.0. The van der Waals surface area contributed by atoms with Crippen LogP contribution in [0.1, 0.15) is 11.1 Å². The molecule has 0 aliphatic rings. The molecule has 3 aromatic heterocycles. The van der Waals surface area contributed by atoms with Gasteiger partial charge in [0.05, 0.1) is 11.9 Å². The Morgan fingerprint density at radius 1 is 1.03 bits per heavy atom. The lowest BCUT2D eigenvalue weighted by molar-refractivity contribution is 0.465. The molecule has 0 saturated heterocycles. The second kappa shape index (κ2) is 7.27. The number of aromatic amines is 1. The third kappa shape index (κ3) is 3.39. The third-order valence-electron chi connectivity index (χ3n) is 4.48. The molecule has 148 valence electrons. The summed E-state index contributed by atoms with van der Waals surface area (Å²) in [6, 6.07) is 15.6. The minimum Gasteiger partial charge on any atom is -0.411 e. The summed E-state index contributed by atoms with van der Waals surface area (Å²) < 4.78 is 7.42. The number of nitrogens with one attached hydrogen (secondary N) is 1. The summed E-state index contributed by atoms with van der Waals surface area (Å²) in [6.45, 7) is 4.03. The topological polar surface area (TPSA) is 102 Å². The number of hydrogen-bond acceptors (Lipinski definition) is 7. The molecule has 0 unspecified atom stereocenters. The van der Waals surface area contributed by atoms with Crippen LogP contribution >= 0.6 is 11.8 Å². The van der Waals surface area contributed by atoms with Gasteiger partial charge in [-0.2, -0.15) is 5.10 Å². The highest BCUT2D eigenvalue weighted by Crippen LogP contribution is 2.28. The summed E-state index contributed by atoms with van der Waals surface area (Å²) in [7, 11) is 0. The Labute approximate surface area is 175 Å². The lowest BCUT2D eigenvalue weighted by atomic mass is 10.1. The van der Waals surface area contributed by atoms with Crippen LogP contribution in [0.3, 0.4) is 0 Å². The van der Waals surface area contributed by atoms with E-state index in [1.807, 2.05) is 56.3 Å². The molecule has 1 N–H and O–H groups in total. The zero-order valence-electron chi connectivity index (χ0n) is 16.2. The first-order valence-electron chi connectivity index (χ1n) is 9.20. The van der Waals surface area contributed by atoms with E-state index in [0.29, 0.717) is 22.1 Å². The Morgan fingerprint density at radius 3 is 2.57 bits per heavy atom. The van der Waals surface area contributed by atoms with E-state index in [4.69, 9.17) is 4.42 Å². The van der Waals surface area contributed by atoms with Crippen LogP contribution in [0.25, 0.3) is 28.2 Å². The average Bonchev–Trinajstić information content (AvgIpc) is 3.35. The van der Waals surface area contributed by atoms with E-state index in [1.54, 1.807) is 4.68 Å². The van der Waals surface area contributed by atoms with Gasteiger partial charge in [0.2, 0.25) is 5.89 Å². The van der Waals surface area contributed by atoms with Crippen molar-refractivity contribution in [3.05, 3.63) is 76.2 Å². The molecule has 0 aliphatic carbocycles. The van der Waals surface area contributed by atoms with Crippen LogP contribution in [-0.2, 0) is 0 Å². The fraction of sp³-hybridized carbons (Fsp3) is 0.0952. The van der Waals surface area contributed by atoms with Crippen LogP contribution in [-0.4, -0.2) is 29.9 Å². The number of hydrogen-bond donors (Lipinski definition) is 1. The zero-order chi connectivity index (χ0) is 20.7. The highest BCUT2D eigenvalue weighted by atomic mass is 32.2. The van der Waals surface area contributed by atoms with Crippen LogP contribution in [0.2, 0.25) is 0 Å². The van der Waals surface area contributed by atoms with Gasteiger partial charge < -0.3 is 9.40 Å². The maximum absolute atomic E-state index is 12.5. The summed E-state index contributed by atoms with van der Waals surface area (Å²) in [5.74, 6) is 0.419. The first-order chi connectivity index (χ1) is 14.6. The van der Waals surface area contributed by atoms with Gasteiger partial charge in [-0.1, -0.05) is 35.4 Å². The average molecular weight is 416 g/mol. The predicted octanol–water partition coefficient (Wildman–Crippen LogP) is 3.93. The Bertz CT molecular complexity index is 1400. The summed E-state index contributed by atoms with van der Waals surface area (Å²) in [6.07, 6.45) is 1.51. The lowest BCUT2D eigenvalue weighted by Crippen LogP contribution is -2.09. The number of aromatic nitrogens is 6. The minimum absolute atomic E-state index is 0.279. The first-order valence-corrected chi connectivity index (χ1v) is 10.0. The molecule has 0 aliphatic heterocycles. The highest BCUT2D eigenvalue weighted by molar-refractivity contribution is 7.98. The fourth-order valence-electron chi connectivity index (χ4n) is 3.25. The molecule has 0 atom stereocenters. The minimum atomic E-state index is -0.279. The number of nitrogens with zero attached hydrogens (tertiary/aromatic N) is 5. The van der Waals surface area contributed by atoms with Crippen molar-refractivity contribution in [3.8, 4) is 17.1 Å². The number of H-pyrrole nitrogens is 1. The molecular formula is C21H16N6O2S. The smallest absolute Gasteiger partial charge is 0.284 e. The largest absolute Gasteiger partial charge is 0.411 e. The summed E-state index contributed by atoms with van der Waals surface area (Å²) >= 11 is 1.10. The predicted molar refractivity (Wildman–Crippen MR) is 113 cm³/mol. The number of fused-ring (bicyclic) bond motifs is 1. The molecule has 0 amide bonds. The van der Waals surface area contributed by atoms with Crippen molar-refractivity contribution in [3.63, 3.8) is 0 Å². The Morgan fingerprint density at radius 2 is 1.80 bits per heavy atom. The second-order valence-electron chi connectivity index (χ2n) is 6.85. The van der Waals surface area contributed by atoms with E-state index < -0.39 is 0 Å². The van der Waals surface area contributed by atoms with Gasteiger partial charge in [0.1, 0.15) is 5.39 Å². The summed E-state index contributed by atoms with van der Waals surface area (Å²) in [4.78, 5) is 19.8. The number of rotatable bonds is 4. The quantitative estimate of drug-likeness (QED) is 0.443. The first kappa shape index (κ1) is 18.3. The third-order valence-corrected chi connectivity index (χ3v) is 5.20. The van der Waals surface area contributed by atoms with Crippen LogP contribution in [0.5, 0.6) is 0 Å². The van der Waals surface area contributed by atoms with Crippen LogP contribution in [0.15, 0.2) is 74.3 Å². The van der Waals surface area contributed by atoms with E-state index in [1.165, 1.54) is 6.20 Å². The monoisotopic (exact) mass is 416 g/mol. The molecule has 5 rings (SSSR count). The van der Waals surface area contributed by atoms with Crippen LogP contribution in [0.4, 0.5) is 0 Å². The molecule has 5 aromatic rings. The van der Waals surface area contributed by atoms with Gasteiger partial charge >= 0.3 is 0 Å². The van der Waals surface area contributed by atoms with Crippen LogP contribution < -0.4 is 5.56 Å². The normalized spacial score (nSPS) is 11.3. The van der Waals surface area contributed by atoms with Crippen molar-refractivity contribution in [2.75, 3.05) is 0 Å². The summed E-state index contributed by atoms with van der Waals surface area (Å²) in [5.41, 5.74) is 4.08. The van der Waals surface area contributed by atoms with E-state index in [-0.39, 0.29) is 10.8 Å². The highest BCUT2D eigenvalue weighted by Gasteiger charge is 2.15. The Balaban J connectivity index is 1.50. The van der Waals surface area contributed by atoms with Crippen molar-refractivity contribution < 1.29 is 4.42 Å². The Hall–Kier alpha value is -3.72. The standard InChI is InChI=1S/C21H16N6O2S/c1-12-8-13(2)10-14(9-12)19-25-26-21(29-19)30-20-23-17-16(18(28)24-20)11-22-27(17)15-6-4-3-5-7-15/h3-11H,1-2H3,(H,23,24,28). The lowest BCUT2D eigenvalue weighted by Gasteiger charge is -2.03. The fourth-order valence-corrected chi connectivity index (χ4v) is 3.90. The van der Waals surface area contributed by atoms with Crippen molar-refractivity contribution in [1.82, 2.24) is 29.9 Å². The van der Waals surface area contributed by atoms with Gasteiger partial charge in [0.15, 0.2) is 10.8 Å². The van der Waals surface area contributed by atoms with Gasteiger partial charge in [-0.15, -0.1) is 10.2 Å². The molecule has 0 fully saturated rings. The molecule has 0 radical (unpaired) electrons. The van der Waals surface area contributed by atoms with E-state index in [0.717, 1.165) is 34.1 Å². The van der Waals surface area contributed by atoms with Gasteiger partial charge in [-0.05, 0) is 38.1 Å². The maximum atomic E-state index is 12.5. The van der Waals surface area contributed by atoms with Crippen molar-refractivity contribution >= 4 is 22.8 Å². The van der Waals surface area contributed by atoms with Crippen molar-refractivity contribution in [1.29, 1.82) is 0 Å². The summed E-state index contributed by atoms with van der Waals surface area (Å²) in [5, 5.41) is 13.6. The molecular weight excluding hydrogens is 400 g/mol. The van der Waals surface area contributed by atoms with Crippen molar-refractivity contribution in [2.24, 2.45) is 0 Å². The SMILES string of the molecule is Cc1cc(C)cc(-c2nnc(Sc3nc4c(cnn4-c4ccccc4)c(=O)[nH]3)o2)c1. The van der Waals surface area contributed by atoms with Crippen molar-refractivity contribution in [2.45, 2.75) is 24.2 Å². The molecule has 30 heavy (non-hydrogen) atoms. The van der Waals surface area contributed by atoms with E-state index in [9.17, 15) is 4.79 Å². The van der Waals surface area contributed by atoms with E-state index >= 15 is 0 Å². The van der Waals surface area contributed by atoms with Gasteiger partial charge in [0, 0.05) is 17.3 Å². The number of para-hydroxylation sites is 1. The van der Waals surface area contributed by atoms with Gasteiger partial charge in [-0.25, -0.2) is 9.67 Å². The molecule has 2 aromatic carbocycles.